The van der Waals surface area contributed by atoms with Gasteiger partial charge >= 0.3 is 21.7 Å². The first kappa shape index (κ1) is 44.5. The van der Waals surface area contributed by atoms with Crippen molar-refractivity contribution in [1.29, 1.82) is 0 Å². The van der Waals surface area contributed by atoms with Gasteiger partial charge in [-0.15, -0.1) is 17.1 Å². The molecule has 0 aliphatic rings. The third-order valence-corrected chi connectivity index (χ3v) is 6.89. The molecule has 0 aliphatic heterocycles. The fourth-order valence-corrected chi connectivity index (χ4v) is 3.51. The fraction of sp³-hybridized carbons (Fsp3) is 0.703. The van der Waals surface area contributed by atoms with Crippen LogP contribution >= 0.6 is 0 Å². The molecule has 0 radical (unpaired) electrons. The van der Waals surface area contributed by atoms with E-state index in [-0.39, 0.29) is 54.2 Å². The maximum absolute atomic E-state index is 4.20. The first-order chi connectivity index (χ1) is 20.4. The summed E-state index contributed by atoms with van der Waals surface area (Å²) in [5.74, 6) is 1.50. The summed E-state index contributed by atoms with van der Waals surface area (Å²) in [5.41, 5.74) is 7.13. The molecule has 9 nitrogen and oxygen atoms in total. The van der Waals surface area contributed by atoms with Crippen molar-refractivity contribution in [3.8, 4) is 0 Å². The molecule has 4 aromatic rings. The van der Waals surface area contributed by atoms with E-state index in [1.54, 1.807) is 0 Å². The van der Waals surface area contributed by atoms with Crippen molar-refractivity contribution in [2.45, 2.75) is 171 Å². The van der Waals surface area contributed by atoms with Crippen LogP contribution < -0.4 is 20.4 Å². The first-order valence-electron chi connectivity index (χ1n) is 16.3. The smallest absolute Gasteiger partial charge is 0.578 e. The van der Waals surface area contributed by atoms with E-state index in [4.69, 9.17) is 0 Å². The molecule has 0 saturated carbocycles. The van der Waals surface area contributed by atoms with Crippen molar-refractivity contribution < 1.29 is 21.7 Å². The number of nitrogens with zero attached hydrogens (tertiary/aromatic N) is 9. The van der Waals surface area contributed by atoms with Gasteiger partial charge in [0.15, 0.2) is 0 Å². The van der Waals surface area contributed by atoms with E-state index in [9.17, 15) is 0 Å². The van der Waals surface area contributed by atoms with Gasteiger partial charge in [0.05, 0.1) is 0 Å². The maximum atomic E-state index is 4.20. The van der Waals surface area contributed by atoms with Crippen LogP contribution in [0.3, 0.4) is 0 Å². The third-order valence-electron chi connectivity index (χ3n) is 6.89. The van der Waals surface area contributed by atoms with Crippen LogP contribution in [0.25, 0.3) is 0 Å². The average molecular weight is 682 g/mol. The summed E-state index contributed by atoms with van der Waals surface area (Å²) in [6, 6.07) is 6.33. The van der Waals surface area contributed by atoms with Crippen molar-refractivity contribution in [2.75, 3.05) is 0 Å². The standard InChI is InChI=1S/3C11H19N2.C4H6N3.Ti/c3*1-10(2,3)8-7-9(13-12-8)11(4,5)6;1-3-5-4(2)7-6-3;/h3*7H,1-6H3;1-2H3;/q4*-1;+4. The number of hydrogen-bond acceptors (Lipinski definition) is 5. The molecule has 4 heterocycles. The minimum Gasteiger partial charge on any atom is -0.578 e. The summed E-state index contributed by atoms with van der Waals surface area (Å²) in [4.78, 5) is 3.89. The summed E-state index contributed by atoms with van der Waals surface area (Å²) in [7, 11) is 0. The Morgan fingerprint density at radius 3 is 0.723 bits per heavy atom. The third kappa shape index (κ3) is 15.5. The zero-order chi connectivity index (χ0) is 36.1. The van der Waals surface area contributed by atoms with Crippen LogP contribution in [0.4, 0.5) is 0 Å². The van der Waals surface area contributed by atoms with Crippen LogP contribution in [0, 0.1) is 13.8 Å². The number of aryl methyl sites for hydroxylation is 2. The Hall–Kier alpha value is -2.52. The predicted octanol–water partition coefficient (Wildman–Crippen LogP) is 7.95. The molecule has 0 saturated heterocycles. The van der Waals surface area contributed by atoms with Crippen molar-refractivity contribution in [3.63, 3.8) is 0 Å². The second kappa shape index (κ2) is 16.3. The molecular weight excluding hydrogens is 618 g/mol. The largest absolute Gasteiger partial charge is 4.00 e. The van der Waals surface area contributed by atoms with Crippen LogP contribution in [0.2, 0.25) is 0 Å². The molecule has 0 N–H and O–H groups in total. The molecule has 0 unspecified atom stereocenters. The van der Waals surface area contributed by atoms with Gasteiger partial charge in [-0.3, -0.25) is 5.10 Å². The number of aromatic nitrogens is 9. The Bertz CT molecular complexity index is 1210. The maximum Gasteiger partial charge on any atom is 4.00 e. The molecular formula is C37H63N9Ti. The normalized spacial score (nSPS) is 12.5. The Morgan fingerprint density at radius 1 is 0.383 bits per heavy atom. The zero-order valence-corrected chi connectivity index (χ0v) is 34.8. The molecule has 0 bridgehead atoms. The Kier molecular flexibility index (Phi) is 15.4. The Morgan fingerprint density at radius 2 is 0.638 bits per heavy atom. The van der Waals surface area contributed by atoms with E-state index < -0.39 is 0 Å². The van der Waals surface area contributed by atoms with Crippen LogP contribution in [-0.2, 0) is 54.2 Å². The van der Waals surface area contributed by atoms with E-state index in [1.807, 2.05) is 13.8 Å². The van der Waals surface area contributed by atoms with Crippen molar-refractivity contribution >= 4 is 0 Å². The van der Waals surface area contributed by atoms with E-state index >= 15 is 0 Å². The quantitative estimate of drug-likeness (QED) is 0.170. The van der Waals surface area contributed by atoms with Gasteiger partial charge in [-0.05, 0) is 30.1 Å². The topological polar surface area (TPSA) is 121 Å². The molecule has 47 heavy (non-hydrogen) atoms. The molecule has 0 amide bonds. The van der Waals surface area contributed by atoms with Crippen molar-refractivity contribution in [3.05, 3.63) is 64.0 Å². The summed E-state index contributed by atoms with van der Waals surface area (Å²) in [6.45, 7) is 42.5. The summed E-state index contributed by atoms with van der Waals surface area (Å²) in [5, 5.41) is 32.5. The predicted molar refractivity (Wildman–Crippen MR) is 190 cm³/mol. The Balaban J connectivity index is 0.000000608. The first-order valence-corrected chi connectivity index (χ1v) is 16.3. The minimum atomic E-state index is 0. The van der Waals surface area contributed by atoms with Crippen LogP contribution in [-0.4, -0.2) is 25.4 Å². The molecule has 0 fully saturated rings. The second-order valence-corrected chi connectivity index (χ2v) is 18.3. The van der Waals surface area contributed by atoms with E-state index in [0.29, 0.717) is 0 Å². The number of rotatable bonds is 0. The SMILES string of the molecule is CC(C)(C)c1cc(C(C)(C)C)[n-]n1.CC(C)(C)c1cc(C(C)(C)C)[n-]n1.CC(C)(C)c1cc(C(C)(C)C)[n-]n1.Cc1n[n-]c(C)n1.[Ti+4]. The van der Waals surface area contributed by atoms with E-state index in [2.05, 4.69) is 189 Å². The molecule has 260 valence electrons. The Labute approximate surface area is 301 Å². The van der Waals surface area contributed by atoms with Gasteiger partial charge in [0.25, 0.3) is 0 Å². The van der Waals surface area contributed by atoms with Crippen LogP contribution in [0.15, 0.2) is 18.2 Å². The zero-order valence-electron chi connectivity index (χ0n) is 33.3. The average Bonchev–Trinajstić information content (AvgIpc) is 3.63. The van der Waals surface area contributed by atoms with Gasteiger partial charge < -0.3 is 40.7 Å². The van der Waals surface area contributed by atoms with Crippen LogP contribution in [0.1, 0.15) is 170 Å². The molecule has 0 aliphatic carbocycles. The second-order valence-electron chi connectivity index (χ2n) is 18.3. The van der Waals surface area contributed by atoms with Crippen LogP contribution in [0.5, 0.6) is 0 Å². The van der Waals surface area contributed by atoms with Gasteiger partial charge in [-0.25, -0.2) is 0 Å². The van der Waals surface area contributed by atoms with Gasteiger partial charge in [0.2, 0.25) is 0 Å². The van der Waals surface area contributed by atoms with Crippen molar-refractivity contribution in [1.82, 2.24) is 45.8 Å². The molecule has 4 rings (SSSR count). The molecule has 4 aromatic heterocycles. The van der Waals surface area contributed by atoms with E-state index in [1.165, 1.54) is 0 Å². The minimum absolute atomic E-state index is 0. The molecule has 10 heteroatoms. The van der Waals surface area contributed by atoms with Gasteiger partial charge in [0, 0.05) is 39.2 Å². The van der Waals surface area contributed by atoms with Crippen molar-refractivity contribution in [2.24, 2.45) is 0 Å². The molecule has 0 atom stereocenters. The summed E-state index contributed by atoms with van der Waals surface area (Å²) < 4.78 is 0. The van der Waals surface area contributed by atoms with E-state index in [0.717, 1.165) is 45.8 Å². The summed E-state index contributed by atoms with van der Waals surface area (Å²) >= 11 is 0. The molecule has 0 aromatic carbocycles. The fourth-order valence-electron chi connectivity index (χ4n) is 3.51. The molecule has 0 spiro atoms. The number of hydrogen-bond donors (Lipinski definition) is 0. The summed E-state index contributed by atoms with van der Waals surface area (Å²) in [6.07, 6.45) is 0. The van der Waals surface area contributed by atoms with Gasteiger partial charge in [-0.1, -0.05) is 149 Å². The monoisotopic (exact) mass is 681 g/mol. The van der Waals surface area contributed by atoms with Gasteiger partial charge in [-0.2, -0.15) is 0 Å². The van der Waals surface area contributed by atoms with Gasteiger partial charge in [0.1, 0.15) is 0 Å².